The molecule has 0 radical (unpaired) electrons. The van der Waals surface area contributed by atoms with Gasteiger partial charge in [0.05, 0.1) is 17.4 Å². The number of hydrogen-bond donors (Lipinski definition) is 1. The predicted octanol–water partition coefficient (Wildman–Crippen LogP) is 3.11. The van der Waals surface area contributed by atoms with Crippen LogP contribution in [0.1, 0.15) is 21.6 Å². The Morgan fingerprint density at radius 1 is 1.33 bits per heavy atom. The van der Waals surface area contributed by atoms with E-state index in [1.165, 1.54) is 0 Å². The van der Waals surface area contributed by atoms with Crippen LogP contribution in [0, 0.1) is 13.8 Å². The molecule has 5 heteroatoms. The fourth-order valence-corrected chi connectivity index (χ4v) is 1.77. The number of nitrogens with one attached hydrogen (secondary N) is 1. The van der Waals surface area contributed by atoms with Gasteiger partial charge in [0.1, 0.15) is 4.60 Å². The molecule has 2 rings (SSSR count). The van der Waals surface area contributed by atoms with E-state index in [0.29, 0.717) is 16.9 Å². The van der Waals surface area contributed by atoms with Gasteiger partial charge in [0.15, 0.2) is 0 Å². The summed E-state index contributed by atoms with van der Waals surface area (Å²) in [7, 11) is 0. The highest BCUT2D eigenvalue weighted by atomic mass is 79.9. The maximum atomic E-state index is 12.0. The molecule has 0 saturated carbocycles. The van der Waals surface area contributed by atoms with Crippen LogP contribution in [0.2, 0.25) is 0 Å². The Labute approximate surface area is 114 Å². The van der Waals surface area contributed by atoms with E-state index in [4.69, 9.17) is 0 Å². The van der Waals surface area contributed by atoms with Crippen molar-refractivity contribution in [1.82, 2.24) is 9.97 Å². The fourth-order valence-electron chi connectivity index (χ4n) is 1.55. The largest absolute Gasteiger partial charge is 0.321 e. The van der Waals surface area contributed by atoms with Gasteiger partial charge in [-0.2, -0.15) is 0 Å². The number of rotatable bonds is 2. The van der Waals surface area contributed by atoms with Crippen LogP contribution >= 0.6 is 15.9 Å². The van der Waals surface area contributed by atoms with E-state index in [2.05, 4.69) is 31.2 Å². The Morgan fingerprint density at radius 3 is 2.78 bits per heavy atom. The van der Waals surface area contributed by atoms with Crippen molar-refractivity contribution in [2.45, 2.75) is 13.8 Å². The third-order valence-corrected chi connectivity index (χ3v) is 3.35. The van der Waals surface area contributed by atoms with Crippen LogP contribution in [0.25, 0.3) is 0 Å². The molecule has 2 heterocycles. The number of aromatic nitrogens is 2. The van der Waals surface area contributed by atoms with Crippen LogP contribution in [0.4, 0.5) is 5.69 Å². The van der Waals surface area contributed by atoms with Crippen molar-refractivity contribution in [1.29, 1.82) is 0 Å². The minimum absolute atomic E-state index is 0.177. The smallest absolute Gasteiger partial charge is 0.257 e. The molecule has 0 aliphatic heterocycles. The van der Waals surface area contributed by atoms with Crippen molar-refractivity contribution >= 4 is 27.5 Å². The Balaban J connectivity index is 2.22. The van der Waals surface area contributed by atoms with Crippen LogP contribution in [0.15, 0.2) is 35.2 Å². The molecular weight excluding hydrogens is 294 g/mol. The normalized spacial score (nSPS) is 10.2. The summed E-state index contributed by atoms with van der Waals surface area (Å²) >= 11 is 3.32. The lowest BCUT2D eigenvalue weighted by molar-refractivity contribution is 0.102. The molecule has 92 valence electrons. The summed E-state index contributed by atoms with van der Waals surface area (Å²) in [5, 5.41) is 2.80. The number of anilines is 1. The first-order valence-electron chi connectivity index (χ1n) is 5.43. The Morgan fingerprint density at radius 2 is 2.11 bits per heavy atom. The van der Waals surface area contributed by atoms with E-state index in [9.17, 15) is 4.79 Å². The average Bonchev–Trinajstić information content (AvgIpc) is 2.34. The molecule has 0 aromatic carbocycles. The van der Waals surface area contributed by atoms with Crippen LogP contribution in [0.3, 0.4) is 0 Å². The first kappa shape index (κ1) is 12.7. The minimum Gasteiger partial charge on any atom is -0.321 e. The molecule has 2 aromatic rings. The number of aryl methyl sites for hydroxylation is 2. The van der Waals surface area contributed by atoms with Crippen LogP contribution in [0.5, 0.6) is 0 Å². The van der Waals surface area contributed by atoms with Crippen molar-refractivity contribution in [3.63, 3.8) is 0 Å². The summed E-state index contributed by atoms with van der Waals surface area (Å²) < 4.78 is 0.776. The fraction of sp³-hybridized carbons (Fsp3) is 0.154. The van der Waals surface area contributed by atoms with Crippen molar-refractivity contribution < 1.29 is 4.79 Å². The van der Waals surface area contributed by atoms with Gasteiger partial charge in [-0.15, -0.1) is 0 Å². The van der Waals surface area contributed by atoms with Gasteiger partial charge in [-0.3, -0.25) is 9.78 Å². The van der Waals surface area contributed by atoms with E-state index in [-0.39, 0.29) is 5.91 Å². The van der Waals surface area contributed by atoms with Gasteiger partial charge in [0.25, 0.3) is 5.91 Å². The van der Waals surface area contributed by atoms with E-state index >= 15 is 0 Å². The standard InChI is InChI=1S/C13H12BrN3O/c1-8-6-10(7-16-12(8)14)17-13(18)11-4-3-5-15-9(11)2/h3-7H,1-2H3,(H,17,18). The monoisotopic (exact) mass is 305 g/mol. The third-order valence-electron chi connectivity index (χ3n) is 2.52. The second-order valence-corrected chi connectivity index (χ2v) is 4.67. The van der Waals surface area contributed by atoms with Gasteiger partial charge in [-0.25, -0.2) is 4.98 Å². The molecule has 0 unspecified atom stereocenters. The molecule has 1 amide bonds. The molecule has 1 N–H and O–H groups in total. The summed E-state index contributed by atoms with van der Waals surface area (Å²) in [4.78, 5) is 20.3. The zero-order valence-electron chi connectivity index (χ0n) is 10.1. The van der Waals surface area contributed by atoms with Gasteiger partial charge in [0.2, 0.25) is 0 Å². The number of carbonyl (C=O) groups is 1. The topological polar surface area (TPSA) is 54.9 Å². The Kier molecular flexibility index (Phi) is 3.72. The van der Waals surface area contributed by atoms with E-state index in [0.717, 1.165) is 10.2 Å². The van der Waals surface area contributed by atoms with E-state index in [1.54, 1.807) is 31.5 Å². The van der Waals surface area contributed by atoms with Crippen molar-refractivity contribution in [3.05, 3.63) is 52.0 Å². The molecule has 0 aliphatic carbocycles. The second-order valence-electron chi connectivity index (χ2n) is 3.92. The molecule has 0 atom stereocenters. The quantitative estimate of drug-likeness (QED) is 0.867. The highest BCUT2D eigenvalue weighted by molar-refractivity contribution is 9.10. The number of hydrogen-bond acceptors (Lipinski definition) is 3. The maximum absolute atomic E-state index is 12.0. The summed E-state index contributed by atoms with van der Waals surface area (Å²) in [6.07, 6.45) is 3.28. The molecule has 0 saturated heterocycles. The summed E-state index contributed by atoms with van der Waals surface area (Å²) in [6.45, 7) is 3.72. The van der Waals surface area contributed by atoms with Crippen molar-refractivity contribution in [2.75, 3.05) is 5.32 Å². The predicted molar refractivity (Wildman–Crippen MR) is 73.6 cm³/mol. The molecule has 18 heavy (non-hydrogen) atoms. The molecular formula is C13H12BrN3O. The van der Waals surface area contributed by atoms with Crippen molar-refractivity contribution in [2.24, 2.45) is 0 Å². The van der Waals surface area contributed by atoms with Crippen LogP contribution in [-0.2, 0) is 0 Å². The van der Waals surface area contributed by atoms with E-state index in [1.807, 2.05) is 13.0 Å². The minimum atomic E-state index is -0.177. The van der Waals surface area contributed by atoms with Gasteiger partial charge in [-0.05, 0) is 53.5 Å². The zero-order valence-corrected chi connectivity index (χ0v) is 11.7. The third kappa shape index (κ3) is 2.73. The molecule has 0 aliphatic rings. The Hall–Kier alpha value is -1.75. The first-order valence-corrected chi connectivity index (χ1v) is 6.22. The number of halogens is 1. The van der Waals surface area contributed by atoms with Crippen molar-refractivity contribution in [3.8, 4) is 0 Å². The second kappa shape index (κ2) is 5.27. The lowest BCUT2D eigenvalue weighted by Gasteiger charge is -2.07. The summed E-state index contributed by atoms with van der Waals surface area (Å²) in [6, 6.07) is 5.35. The summed E-state index contributed by atoms with van der Waals surface area (Å²) in [5.74, 6) is -0.177. The molecule has 0 fully saturated rings. The van der Waals surface area contributed by atoms with Crippen LogP contribution in [-0.4, -0.2) is 15.9 Å². The average molecular weight is 306 g/mol. The Bertz CT molecular complexity index is 599. The summed E-state index contributed by atoms with van der Waals surface area (Å²) in [5.41, 5.74) is 2.91. The lowest BCUT2D eigenvalue weighted by Crippen LogP contribution is -2.14. The number of nitrogens with zero attached hydrogens (tertiary/aromatic N) is 2. The maximum Gasteiger partial charge on any atom is 0.257 e. The van der Waals surface area contributed by atoms with Gasteiger partial charge >= 0.3 is 0 Å². The molecule has 0 bridgehead atoms. The van der Waals surface area contributed by atoms with E-state index < -0.39 is 0 Å². The number of pyridine rings is 2. The molecule has 4 nitrogen and oxygen atoms in total. The van der Waals surface area contributed by atoms with Crippen LogP contribution < -0.4 is 5.32 Å². The van der Waals surface area contributed by atoms with Gasteiger partial charge < -0.3 is 5.32 Å². The lowest BCUT2D eigenvalue weighted by atomic mass is 10.2. The zero-order chi connectivity index (χ0) is 13.1. The SMILES string of the molecule is Cc1cc(NC(=O)c2cccnc2C)cnc1Br. The van der Waals surface area contributed by atoms with Gasteiger partial charge in [0, 0.05) is 11.9 Å². The highest BCUT2D eigenvalue weighted by Crippen LogP contribution is 2.17. The first-order chi connectivity index (χ1) is 8.58. The molecule has 2 aromatic heterocycles. The number of amides is 1. The highest BCUT2D eigenvalue weighted by Gasteiger charge is 2.10. The number of carbonyl (C=O) groups excluding carboxylic acids is 1. The van der Waals surface area contributed by atoms with Gasteiger partial charge in [-0.1, -0.05) is 0 Å². The molecule has 0 spiro atoms.